The SMILES string of the molecule is CC(Cc1ccc(CC(C)c2cc(Cl)c(O)c(Cl)c2)cc1)c1cc(Cl)c(O)c(Cl)c1. The Hall–Kier alpha value is -1.58. The van der Waals surface area contributed by atoms with Gasteiger partial charge in [-0.3, -0.25) is 0 Å². The lowest BCUT2D eigenvalue weighted by molar-refractivity contribution is 0.475. The molecule has 2 unspecified atom stereocenters. The lowest BCUT2D eigenvalue weighted by Crippen LogP contribution is -2.01. The lowest BCUT2D eigenvalue weighted by Gasteiger charge is -2.16. The molecule has 2 N–H and O–H groups in total. The van der Waals surface area contributed by atoms with Gasteiger partial charge in [0.15, 0.2) is 11.5 Å². The van der Waals surface area contributed by atoms with Crippen LogP contribution in [-0.2, 0) is 12.8 Å². The van der Waals surface area contributed by atoms with E-state index in [0.717, 1.165) is 24.0 Å². The zero-order valence-electron chi connectivity index (χ0n) is 16.6. The van der Waals surface area contributed by atoms with Crippen LogP contribution >= 0.6 is 46.4 Å². The first kappa shape index (κ1) is 23.1. The highest BCUT2D eigenvalue weighted by atomic mass is 35.5. The third kappa shape index (κ3) is 5.36. The highest BCUT2D eigenvalue weighted by Crippen LogP contribution is 2.37. The van der Waals surface area contributed by atoms with E-state index in [-0.39, 0.29) is 43.4 Å². The van der Waals surface area contributed by atoms with Crippen LogP contribution in [-0.4, -0.2) is 10.2 Å². The van der Waals surface area contributed by atoms with Crippen molar-refractivity contribution in [3.8, 4) is 11.5 Å². The summed E-state index contributed by atoms with van der Waals surface area (Å²) < 4.78 is 0. The number of rotatable bonds is 6. The first-order valence-corrected chi connectivity index (χ1v) is 11.1. The number of hydrogen-bond donors (Lipinski definition) is 2. The zero-order chi connectivity index (χ0) is 22.0. The van der Waals surface area contributed by atoms with Gasteiger partial charge in [-0.05, 0) is 71.2 Å². The lowest BCUT2D eigenvalue weighted by atomic mass is 9.91. The van der Waals surface area contributed by atoms with Crippen LogP contribution in [0.3, 0.4) is 0 Å². The Morgan fingerprint density at radius 1 is 0.600 bits per heavy atom. The van der Waals surface area contributed by atoms with Crippen molar-refractivity contribution in [2.24, 2.45) is 0 Å². The first-order valence-electron chi connectivity index (χ1n) is 9.59. The molecule has 0 amide bonds. The Kier molecular flexibility index (Phi) is 7.47. The highest BCUT2D eigenvalue weighted by molar-refractivity contribution is 6.37. The molecule has 3 aromatic rings. The smallest absolute Gasteiger partial charge is 0.152 e. The van der Waals surface area contributed by atoms with Crippen molar-refractivity contribution in [1.29, 1.82) is 0 Å². The fourth-order valence-electron chi connectivity index (χ4n) is 3.49. The Balaban J connectivity index is 1.68. The number of hydrogen-bond acceptors (Lipinski definition) is 2. The Morgan fingerprint density at radius 3 is 1.13 bits per heavy atom. The van der Waals surface area contributed by atoms with Crippen molar-refractivity contribution in [1.82, 2.24) is 0 Å². The van der Waals surface area contributed by atoms with Gasteiger partial charge in [0.1, 0.15) is 0 Å². The van der Waals surface area contributed by atoms with Crippen molar-refractivity contribution in [2.45, 2.75) is 38.5 Å². The molecule has 0 heterocycles. The van der Waals surface area contributed by atoms with Crippen LogP contribution in [0.15, 0.2) is 48.5 Å². The molecule has 0 aliphatic carbocycles. The molecule has 30 heavy (non-hydrogen) atoms. The number of aromatic hydroxyl groups is 2. The molecule has 0 aromatic heterocycles. The van der Waals surface area contributed by atoms with Crippen LogP contribution in [0.5, 0.6) is 11.5 Å². The first-order chi connectivity index (χ1) is 14.2. The van der Waals surface area contributed by atoms with E-state index in [0.29, 0.717) is 0 Å². The molecule has 0 aliphatic heterocycles. The van der Waals surface area contributed by atoms with Crippen molar-refractivity contribution in [3.05, 3.63) is 90.9 Å². The fraction of sp³-hybridized carbons (Fsp3) is 0.250. The van der Waals surface area contributed by atoms with E-state index in [9.17, 15) is 10.2 Å². The Morgan fingerprint density at radius 2 is 0.867 bits per heavy atom. The maximum Gasteiger partial charge on any atom is 0.152 e. The van der Waals surface area contributed by atoms with Gasteiger partial charge in [0.2, 0.25) is 0 Å². The van der Waals surface area contributed by atoms with Crippen molar-refractivity contribution >= 4 is 46.4 Å². The normalized spacial score (nSPS) is 13.3. The van der Waals surface area contributed by atoms with Gasteiger partial charge < -0.3 is 10.2 Å². The molecule has 0 spiro atoms. The molecule has 0 bridgehead atoms. The largest absolute Gasteiger partial charge is 0.505 e. The number of benzene rings is 3. The summed E-state index contributed by atoms with van der Waals surface area (Å²) in [6.45, 7) is 4.21. The van der Waals surface area contributed by atoms with Gasteiger partial charge in [-0.2, -0.15) is 0 Å². The molecule has 0 radical (unpaired) electrons. The molecule has 158 valence electrons. The summed E-state index contributed by atoms with van der Waals surface area (Å²) in [7, 11) is 0. The van der Waals surface area contributed by atoms with Crippen LogP contribution in [0.2, 0.25) is 20.1 Å². The fourth-order valence-corrected chi connectivity index (χ4v) is 4.50. The minimum Gasteiger partial charge on any atom is -0.505 e. The average Bonchev–Trinajstić information content (AvgIpc) is 2.70. The van der Waals surface area contributed by atoms with Crippen LogP contribution in [0.1, 0.15) is 47.9 Å². The van der Waals surface area contributed by atoms with E-state index in [1.165, 1.54) is 11.1 Å². The van der Waals surface area contributed by atoms with Gasteiger partial charge in [-0.25, -0.2) is 0 Å². The molecule has 0 fully saturated rings. The van der Waals surface area contributed by atoms with E-state index < -0.39 is 0 Å². The van der Waals surface area contributed by atoms with Crippen molar-refractivity contribution in [3.63, 3.8) is 0 Å². The maximum absolute atomic E-state index is 9.74. The van der Waals surface area contributed by atoms with Gasteiger partial charge in [0, 0.05) is 0 Å². The molecule has 2 atom stereocenters. The third-order valence-electron chi connectivity index (χ3n) is 5.32. The second-order valence-electron chi connectivity index (χ2n) is 7.69. The maximum atomic E-state index is 9.74. The monoisotopic (exact) mass is 482 g/mol. The third-order valence-corrected chi connectivity index (χ3v) is 6.48. The van der Waals surface area contributed by atoms with Crippen LogP contribution in [0, 0.1) is 0 Å². The van der Waals surface area contributed by atoms with E-state index in [1.807, 2.05) is 0 Å². The summed E-state index contributed by atoms with van der Waals surface area (Å²) in [6.07, 6.45) is 1.66. The van der Waals surface area contributed by atoms with E-state index in [4.69, 9.17) is 46.4 Å². The van der Waals surface area contributed by atoms with Gasteiger partial charge >= 0.3 is 0 Å². The Labute approximate surface area is 197 Å². The van der Waals surface area contributed by atoms with Gasteiger partial charge in [-0.15, -0.1) is 0 Å². The van der Waals surface area contributed by atoms with Gasteiger partial charge in [0.25, 0.3) is 0 Å². The quantitative estimate of drug-likeness (QED) is 0.369. The molecule has 0 saturated carbocycles. The second kappa shape index (κ2) is 9.70. The second-order valence-corrected chi connectivity index (χ2v) is 9.32. The molecule has 2 nitrogen and oxygen atoms in total. The Bertz CT molecular complexity index is 917. The molecule has 3 rings (SSSR count). The number of phenolic OH excluding ortho intramolecular Hbond substituents is 2. The topological polar surface area (TPSA) is 40.5 Å². The predicted molar refractivity (Wildman–Crippen MR) is 127 cm³/mol. The average molecular weight is 484 g/mol. The van der Waals surface area contributed by atoms with E-state index in [1.54, 1.807) is 24.3 Å². The van der Waals surface area contributed by atoms with Crippen molar-refractivity contribution < 1.29 is 10.2 Å². The summed E-state index contributed by atoms with van der Waals surface area (Å²) >= 11 is 24.2. The molecule has 3 aromatic carbocycles. The minimum absolute atomic E-state index is 0.0797. The highest BCUT2D eigenvalue weighted by Gasteiger charge is 2.14. The number of phenols is 2. The van der Waals surface area contributed by atoms with Gasteiger partial charge in [0.05, 0.1) is 20.1 Å². The van der Waals surface area contributed by atoms with Crippen molar-refractivity contribution in [2.75, 3.05) is 0 Å². The van der Waals surface area contributed by atoms with Crippen LogP contribution < -0.4 is 0 Å². The summed E-state index contributed by atoms with van der Waals surface area (Å²) in [6, 6.07) is 15.5. The zero-order valence-corrected chi connectivity index (χ0v) is 19.6. The van der Waals surface area contributed by atoms with Gasteiger partial charge in [-0.1, -0.05) is 84.5 Å². The minimum atomic E-state index is -0.0797. The van der Waals surface area contributed by atoms with E-state index in [2.05, 4.69) is 38.1 Å². The molecule has 0 aliphatic rings. The summed E-state index contributed by atoms with van der Waals surface area (Å²) in [4.78, 5) is 0. The predicted octanol–water partition coefficient (Wildman–Crippen LogP) is 8.40. The molecular formula is C24H22Cl4O2. The summed E-state index contributed by atoms with van der Waals surface area (Å²) in [5.74, 6) is 0.242. The van der Waals surface area contributed by atoms with Crippen LogP contribution in [0.4, 0.5) is 0 Å². The molecular weight excluding hydrogens is 462 g/mol. The molecule has 6 heteroatoms. The summed E-state index contributed by atoms with van der Waals surface area (Å²) in [5.41, 5.74) is 4.38. The van der Waals surface area contributed by atoms with Crippen LogP contribution in [0.25, 0.3) is 0 Å². The summed E-state index contributed by atoms with van der Waals surface area (Å²) in [5, 5.41) is 20.5. The number of halogens is 4. The van der Waals surface area contributed by atoms with E-state index >= 15 is 0 Å². The standard InChI is InChI=1S/C24H22Cl4O2/c1-13(17-9-19(25)23(29)20(26)10-17)7-15-3-5-16(6-4-15)8-14(2)18-11-21(27)24(30)22(28)12-18/h3-6,9-14,29-30H,7-8H2,1-2H3. The molecule has 0 saturated heterocycles.